The van der Waals surface area contributed by atoms with Crippen LogP contribution in [-0.2, 0) is 7.05 Å². The van der Waals surface area contributed by atoms with Gasteiger partial charge in [0.1, 0.15) is 11.5 Å². The molecule has 0 spiro atoms. The van der Waals surface area contributed by atoms with Gasteiger partial charge < -0.3 is 9.32 Å². The lowest BCUT2D eigenvalue weighted by atomic mass is 10.1. The van der Waals surface area contributed by atoms with Crippen molar-refractivity contribution in [2.45, 2.75) is 18.9 Å². The van der Waals surface area contributed by atoms with E-state index in [-0.39, 0.29) is 11.9 Å². The van der Waals surface area contributed by atoms with E-state index in [1.807, 2.05) is 17.0 Å². The van der Waals surface area contributed by atoms with Gasteiger partial charge in [0.2, 0.25) is 0 Å². The van der Waals surface area contributed by atoms with Crippen LogP contribution in [0.2, 0.25) is 0 Å². The molecule has 2 aromatic rings. The van der Waals surface area contributed by atoms with Crippen LogP contribution in [-0.4, -0.2) is 27.1 Å². The minimum Gasteiger partial charge on any atom is -0.467 e. The summed E-state index contributed by atoms with van der Waals surface area (Å²) in [5.74, 6) is 0.886. The first-order valence-corrected chi connectivity index (χ1v) is 6.10. The Balaban J connectivity index is 1.88. The lowest BCUT2D eigenvalue weighted by Crippen LogP contribution is -2.31. The third kappa shape index (κ3) is 1.72. The first-order valence-electron chi connectivity index (χ1n) is 6.10. The van der Waals surface area contributed by atoms with Crippen LogP contribution in [0.4, 0.5) is 0 Å². The highest BCUT2D eigenvalue weighted by molar-refractivity contribution is 5.92. The normalized spacial score (nSPS) is 19.4. The Morgan fingerprint density at radius 3 is 3.06 bits per heavy atom. The number of nitrogens with zero attached hydrogens (tertiary/aromatic N) is 3. The Kier molecular flexibility index (Phi) is 2.66. The maximum atomic E-state index is 12.5. The lowest BCUT2D eigenvalue weighted by Gasteiger charge is -2.22. The Labute approximate surface area is 105 Å². The molecule has 5 heteroatoms. The molecule has 0 aliphatic carbocycles. The Bertz CT molecular complexity index is 544. The van der Waals surface area contributed by atoms with Crippen LogP contribution in [0, 0.1) is 0 Å². The topological polar surface area (TPSA) is 51.3 Å². The predicted octanol–water partition coefficient (Wildman–Crippen LogP) is 1.99. The maximum absolute atomic E-state index is 12.5. The molecule has 1 aliphatic heterocycles. The zero-order valence-electron chi connectivity index (χ0n) is 10.2. The number of aromatic nitrogens is 2. The number of hydrogen-bond acceptors (Lipinski definition) is 3. The molecule has 0 N–H and O–H groups in total. The van der Waals surface area contributed by atoms with E-state index in [9.17, 15) is 4.79 Å². The van der Waals surface area contributed by atoms with Gasteiger partial charge in [-0.1, -0.05) is 0 Å². The molecule has 2 aromatic heterocycles. The van der Waals surface area contributed by atoms with Gasteiger partial charge in [0.05, 0.1) is 12.3 Å². The van der Waals surface area contributed by atoms with E-state index >= 15 is 0 Å². The largest absolute Gasteiger partial charge is 0.467 e. The molecular formula is C13H15N3O2. The van der Waals surface area contributed by atoms with Crippen molar-refractivity contribution in [3.8, 4) is 0 Å². The van der Waals surface area contributed by atoms with Crippen LogP contribution in [0.3, 0.4) is 0 Å². The smallest absolute Gasteiger partial charge is 0.272 e. The average molecular weight is 245 g/mol. The molecule has 0 saturated carbocycles. The molecule has 1 amide bonds. The van der Waals surface area contributed by atoms with Gasteiger partial charge in [-0.15, -0.1) is 0 Å². The second-order valence-electron chi connectivity index (χ2n) is 4.51. The molecule has 1 fully saturated rings. The number of amides is 1. The molecule has 1 atom stereocenters. The van der Waals surface area contributed by atoms with Gasteiger partial charge in [0.15, 0.2) is 0 Å². The molecule has 94 valence electrons. The summed E-state index contributed by atoms with van der Waals surface area (Å²) >= 11 is 0. The number of carbonyl (C=O) groups is 1. The summed E-state index contributed by atoms with van der Waals surface area (Å²) in [6.45, 7) is 0.773. The van der Waals surface area contributed by atoms with Gasteiger partial charge >= 0.3 is 0 Å². The molecule has 1 saturated heterocycles. The molecule has 18 heavy (non-hydrogen) atoms. The summed E-state index contributed by atoms with van der Waals surface area (Å²) in [5, 5.41) is 4.04. The van der Waals surface area contributed by atoms with Crippen LogP contribution in [0.1, 0.15) is 35.1 Å². The number of furan rings is 1. The number of likely N-dealkylation sites (tertiary alicyclic amines) is 1. The van der Waals surface area contributed by atoms with E-state index in [1.54, 1.807) is 30.3 Å². The van der Waals surface area contributed by atoms with E-state index in [4.69, 9.17) is 4.42 Å². The first kappa shape index (κ1) is 11.1. The van der Waals surface area contributed by atoms with Crippen LogP contribution < -0.4 is 0 Å². The van der Waals surface area contributed by atoms with Crippen molar-refractivity contribution in [1.82, 2.24) is 14.7 Å². The second kappa shape index (κ2) is 4.33. The van der Waals surface area contributed by atoms with Gasteiger partial charge in [-0.3, -0.25) is 9.48 Å². The SMILES string of the molecule is Cn1nccc1C(=O)N1CCC[C@@H]1c1ccco1. The average Bonchev–Trinajstić information content (AvgIpc) is 3.09. The van der Waals surface area contributed by atoms with Gasteiger partial charge in [-0.2, -0.15) is 5.10 Å². The monoisotopic (exact) mass is 245 g/mol. The van der Waals surface area contributed by atoms with Crippen LogP contribution in [0.5, 0.6) is 0 Å². The maximum Gasteiger partial charge on any atom is 0.272 e. The molecule has 1 aliphatic rings. The fraction of sp³-hybridized carbons (Fsp3) is 0.385. The van der Waals surface area contributed by atoms with Crippen molar-refractivity contribution in [1.29, 1.82) is 0 Å². The third-order valence-corrected chi connectivity index (χ3v) is 3.43. The second-order valence-corrected chi connectivity index (χ2v) is 4.51. The van der Waals surface area contributed by atoms with Crippen LogP contribution in [0.15, 0.2) is 35.1 Å². The van der Waals surface area contributed by atoms with E-state index < -0.39 is 0 Å². The first-order chi connectivity index (χ1) is 8.77. The number of rotatable bonds is 2. The third-order valence-electron chi connectivity index (χ3n) is 3.43. The van der Waals surface area contributed by atoms with Crippen molar-refractivity contribution in [3.63, 3.8) is 0 Å². The molecule has 5 nitrogen and oxygen atoms in total. The highest BCUT2D eigenvalue weighted by atomic mass is 16.3. The van der Waals surface area contributed by atoms with Gasteiger partial charge in [-0.25, -0.2) is 0 Å². The highest BCUT2D eigenvalue weighted by Gasteiger charge is 2.33. The summed E-state index contributed by atoms with van der Waals surface area (Å²) in [4.78, 5) is 14.3. The van der Waals surface area contributed by atoms with E-state index in [2.05, 4.69) is 5.10 Å². The number of hydrogen-bond donors (Lipinski definition) is 0. The van der Waals surface area contributed by atoms with Crippen molar-refractivity contribution in [2.75, 3.05) is 6.54 Å². The fourth-order valence-corrected chi connectivity index (χ4v) is 2.52. The van der Waals surface area contributed by atoms with Gasteiger partial charge in [0.25, 0.3) is 5.91 Å². The number of carbonyl (C=O) groups excluding carboxylic acids is 1. The van der Waals surface area contributed by atoms with Crippen molar-refractivity contribution in [3.05, 3.63) is 42.1 Å². The predicted molar refractivity (Wildman–Crippen MR) is 64.9 cm³/mol. The summed E-state index contributed by atoms with van der Waals surface area (Å²) in [7, 11) is 1.78. The number of aryl methyl sites for hydroxylation is 1. The minimum atomic E-state index is 0.0221. The van der Waals surface area contributed by atoms with Crippen molar-refractivity contribution < 1.29 is 9.21 Å². The van der Waals surface area contributed by atoms with Gasteiger partial charge in [0, 0.05) is 19.8 Å². The van der Waals surface area contributed by atoms with Crippen molar-refractivity contribution >= 4 is 5.91 Å². The fourth-order valence-electron chi connectivity index (χ4n) is 2.52. The van der Waals surface area contributed by atoms with Crippen LogP contribution >= 0.6 is 0 Å². The van der Waals surface area contributed by atoms with Gasteiger partial charge in [-0.05, 0) is 31.0 Å². The molecule has 3 heterocycles. The van der Waals surface area contributed by atoms with E-state index in [0.717, 1.165) is 25.1 Å². The quantitative estimate of drug-likeness (QED) is 0.813. The summed E-state index contributed by atoms with van der Waals surface area (Å²) in [5.41, 5.74) is 0.619. The molecule has 0 radical (unpaired) electrons. The minimum absolute atomic E-state index is 0.0221. The Morgan fingerprint density at radius 2 is 2.39 bits per heavy atom. The molecular weight excluding hydrogens is 230 g/mol. The van der Waals surface area contributed by atoms with Crippen molar-refractivity contribution in [2.24, 2.45) is 7.05 Å². The molecule has 3 rings (SSSR count). The summed E-state index contributed by atoms with van der Waals surface area (Å²) in [6.07, 6.45) is 5.26. The molecule has 0 aromatic carbocycles. The Hall–Kier alpha value is -2.04. The van der Waals surface area contributed by atoms with E-state index in [0.29, 0.717) is 5.69 Å². The highest BCUT2D eigenvalue weighted by Crippen LogP contribution is 2.33. The molecule has 0 unspecified atom stereocenters. The Morgan fingerprint density at radius 1 is 1.50 bits per heavy atom. The summed E-state index contributed by atoms with van der Waals surface area (Å²) < 4.78 is 7.04. The summed E-state index contributed by atoms with van der Waals surface area (Å²) in [6, 6.07) is 5.60. The van der Waals surface area contributed by atoms with Crippen LogP contribution in [0.25, 0.3) is 0 Å². The standard InChI is InChI=1S/C13H15N3O2/c1-15-11(6-7-14-15)13(17)16-8-2-4-10(16)12-5-3-9-18-12/h3,5-7,9-10H,2,4,8H2,1H3/t10-/m1/s1. The van der Waals surface area contributed by atoms with E-state index in [1.165, 1.54) is 0 Å². The zero-order chi connectivity index (χ0) is 12.5. The molecule has 0 bridgehead atoms. The zero-order valence-corrected chi connectivity index (χ0v) is 10.2. The lowest BCUT2D eigenvalue weighted by molar-refractivity contribution is 0.0708.